The molecular formula is C10H21S2. The quantitative estimate of drug-likeness (QED) is 0.621. The van der Waals surface area contributed by atoms with E-state index in [1.807, 2.05) is 23.5 Å². The second-order valence-corrected chi connectivity index (χ2v) is 5.31. The van der Waals surface area contributed by atoms with E-state index in [9.17, 15) is 0 Å². The summed E-state index contributed by atoms with van der Waals surface area (Å²) in [5.41, 5.74) is 0. The van der Waals surface area contributed by atoms with Gasteiger partial charge in [0, 0.05) is 0 Å². The van der Waals surface area contributed by atoms with Gasteiger partial charge in [0.15, 0.2) is 0 Å². The van der Waals surface area contributed by atoms with Crippen molar-refractivity contribution in [3.8, 4) is 0 Å². The van der Waals surface area contributed by atoms with Gasteiger partial charge in [-0.3, -0.25) is 0 Å². The van der Waals surface area contributed by atoms with E-state index in [0.717, 1.165) is 5.92 Å². The summed E-state index contributed by atoms with van der Waals surface area (Å²) < 4.78 is 0. The Labute approximate surface area is 86.3 Å². The topological polar surface area (TPSA) is 0 Å². The zero-order chi connectivity index (χ0) is 9.40. The van der Waals surface area contributed by atoms with Crippen molar-refractivity contribution in [3.05, 3.63) is 5.92 Å². The fraction of sp³-hybridized carbons (Fsp3) is 0.900. The van der Waals surface area contributed by atoms with Crippen LogP contribution < -0.4 is 0 Å². The molecule has 0 aromatic rings. The smallest absolute Gasteiger partial charge is 0.00675 e. The summed E-state index contributed by atoms with van der Waals surface area (Å²) in [6.07, 6.45) is 7.11. The third kappa shape index (κ3) is 6.24. The highest BCUT2D eigenvalue weighted by atomic mass is 32.2. The van der Waals surface area contributed by atoms with Crippen LogP contribution in [0.2, 0.25) is 0 Å². The van der Waals surface area contributed by atoms with Gasteiger partial charge in [0.1, 0.15) is 0 Å². The number of hydrogen-bond acceptors (Lipinski definition) is 2. The average Bonchev–Trinajstić information content (AvgIpc) is 2.04. The predicted molar refractivity (Wildman–Crippen MR) is 64.1 cm³/mol. The van der Waals surface area contributed by atoms with Crippen molar-refractivity contribution in [1.82, 2.24) is 0 Å². The Morgan fingerprint density at radius 3 is 1.67 bits per heavy atom. The van der Waals surface area contributed by atoms with Gasteiger partial charge in [0.25, 0.3) is 0 Å². The van der Waals surface area contributed by atoms with Crippen LogP contribution in [0.1, 0.15) is 26.7 Å². The van der Waals surface area contributed by atoms with Crippen molar-refractivity contribution in [2.75, 3.05) is 24.0 Å². The Hall–Kier alpha value is 0.700. The molecule has 0 aliphatic carbocycles. The van der Waals surface area contributed by atoms with E-state index < -0.39 is 0 Å². The highest BCUT2D eigenvalue weighted by Gasteiger charge is 2.12. The van der Waals surface area contributed by atoms with E-state index in [1.165, 1.54) is 24.3 Å². The van der Waals surface area contributed by atoms with Crippen LogP contribution in [0.5, 0.6) is 0 Å². The van der Waals surface area contributed by atoms with E-state index in [-0.39, 0.29) is 0 Å². The van der Waals surface area contributed by atoms with Crippen LogP contribution in [-0.4, -0.2) is 24.0 Å². The van der Waals surface area contributed by atoms with Gasteiger partial charge in [-0.15, -0.1) is 0 Å². The van der Waals surface area contributed by atoms with Crippen LogP contribution in [-0.2, 0) is 0 Å². The van der Waals surface area contributed by atoms with Gasteiger partial charge in [0.05, 0.1) is 0 Å². The van der Waals surface area contributed by atoms with Crippen LogP contribution in [0, 0.1) is 11.8 Å². The first-order chi connectivity index (χ1) is 5.72. The van der Waals surface area contributed by atoms with Gasteiger partial charge in [-0.2, -0.15) is 23.5 Å². The van der Waals surface area contributed by atoms with E-state index in [2.05, 4.69) is 26.4 Å². The summed E-state index contributed by atoms with van der Waals surface area (Å²) in [6, 6.07) is 0. The minimum atomic E-state index is 0.866. The molecular weight excluding hydrogens is 184 g/mol. The molecule has 0 rings (SSSR count). The SMILES string of the molecule is CSCCC(CCSC)[C](C)C. The van der Waals surface area contributed by atoms with Gasteiger partial charge >= 0.3 is 0 Å². The van der Waals surface area contributed by atoms with Crippen LogP contribution in [0.15, 0.2) is 0 Å². The lowest BCUT2D eigenvalue weighted by atomic mass is 9.91. The molecule has 2 heteroatoms. The van der Waals surface area contributed by atoms with Crippen molar-refractivity contribution < 1.29 is 0 Å². The zero-order valence-electron chi connectivity index (χ0n) is 8.72. The fourth-order valence-electron chi connectivity index (χ4n) is 1.24. The number of thioether (sulfide) groups is 2. The maximum atomic E-state index is 2.27. The van der Waals surface area contributed by atoms with Gasteiger partial charge in [0.2, 0.25) is 0 Å². The summed E-state index contributed by atoms with van der Waals surface area (Å²) >= 11 is 3.92. The van der Waals surface area contributed by atoms with Crippen molar-refractivity contribution >= 4 is 23.5 Å². The molecule has 0 aromatic carbocycles. The van der Waals surface area contributed by atoms with E-state index in [4.69, 9.17) is 0 Å². The summed E-state index contributed by atoms with van der Waals surface area (Å²) in [5.74, 6) is 5.09. The van der Waals surface area contributed by atoms with Crippen LogP contribution in [0.25, 0.3) is 0 Å². The highest BCUT2D eigenvalue weighted by molar-refractivity contribution is 7.98. The van der Waals surface area contributed by atoms with E-state index in [1.54, 1.807) is 5.92 Å². The molecule has 0 nitrogen and oxygen atoms in total. The monoisotopic (exact) mass is 205 g/mol. The van der Waals surface area contributed by atoms with Crippen LogP contribution >= 0.6 is 23.5 Å². The second kappa shape index (κ2) is 8.31. The Morgan fingerprint density at radius 2 is 1.42 bits per heavy atom. The largest absolute Gasteiger partial charge is 0.165 e. The molecule has 0 aromatic heterocycles. The molecule has 0 saturated carbocycles. The van der Waals surface area contributed by atoms with Crippen molar-refractivity contribution in [2.45, 2.75) is 26.7 Å². The van der Waals surface area contributed by atoms with Gasteiger partial charge < -0.3 is 0 Å². The first-order valence-electron chi connectivity index (χ1n) is 4.50. The Morgan fingerprint density at radius 1 is 1.00 bits per heavy atom. The molecule has 0 N–H and O–H groups in total. The normalized spacial score (nSPS) is 11.5. The molecule has 0 atom stereocenters. The molecule has 0 amide bonds. The molecule has 0 spiro atoms. The van der Waals surface area contributed by atoms with Gasteiger partial charge in [-0.25, -0.2) is 0 Å². The molecule has 0 aliphatic heterocycles. The molecule has 0 bridgehead atoms. The summed E-state index contributed by atoms with van der Waals surface area (Å²) in [5, 5.41) is 0. The standard InChI is InChI=1S/C10H21S2/c1-9(2)10(5-7-11-3)6-8-12-4/h10H,5-8H2,1-4H3. The molecule has 0 saturated heterocycles. The second-order valence-electron chi connectivity index (χ2n) is 3.34. The van der Waals surface area contributed by atoms with Gasteiger partial charge in [-0.1, -0.05) is 13.8 Å². The first kappa shape index (κ1) is 12.7. The van der Waals surface area contributed by atoms with Crippen LogP contribution in [0.4, 0.5) is 0 Å². The molecule has 73 valence electrons. The summed E-state index contributed by atoms with van der Waals surface area (Å²) in [7, 11) is 0. The maximum Gasteiger partial charge on any atom is -0.00675 e. The number of rotatable bonds is 7. The molecule has 1 radical (unpaired) electrons. The van der Waals surface area contributed by atoms with Crippen molar-refractivity contribution in [2.24, 2.45) is 5.92 Å². The lowest BCUT2D eigenvalue weighted by Gasteiger charge is -2.19. The molecule has 0 aliphatic rings. The Bertz CT molecular complexity index is 83.8. The minimum absolute atomic E-state index is 0.866. The van der Waals surface area contributed by atoms with Crippen LogP contribution in [0.3, 0.4) is 0 Å². The molecule has 0 unspecified atom stereocenters. The lowest BCUT2D eigenvalue weighted by molar-refractivity contribution is 0.521. The molecule has 12 heavy (non-hydrogen) atoms. The zero-order valence-corrected chi connectivity index (χ0v) is 10.4. The van der Waals surface area contributed by atoms with Gasteiger partial charge in [-0.05, 0) is 48.7 Å². The first-order valence-corrected chi connectivity index (χ1v) is 7.29. The lowest BCUT2D eigenvalue weighted by Crippen LogP contribution is -2.09. The highest BCUT2D eigenvalue weighted by Crippen LogP contribution is 2.23. The maximum absolute atomic E-state index is 2.27. The van der Waals surface area contributed by atoms with E-state index >= 15 is 0 Å². The number of hydrogen-bond donors (Lipinski definition) is 0. The minimum Gasteiger partial charge on any atom is -0.165 e. The Balaban J connectivity index is 3.55. The fourth-order valence-corrected chi connectivity index (χ4v) is 2.28. The summed E-state index contributed by atoms with van der Waals surface area (Å²) in [4.78, 5) is 0. The molecule has 0 fully saturated rings. The average molecular weight is 205 g/mol. The summed E-state index contributed by atoms with van der Waals surface area (Å²) in [6.45, 7) is 4.54. The van der Waals surface area contributed by atoms with E-state index in [0.29, 0.717) is 0 Å². The van der Waals surface area contributed by atoms with Crippen molar-refractivity contribution in [3.63, 3.8) is 0 Å². The Kier molecular flexibility index (Phi) is 8.79. The van der Waals surface area contributed by atoms with Crippen molar-refractivity contribution in [1.29, 1.82) is 0 Å². The molecule has 0 heterocycles. The predicted octanol–water partition coefficient (Wildman–Crippen LogP) is 3.72. The third-order valence-electron chi connectivity index (χ3n) is 2.16. The third-order valence-corrected chi connectivity index (χ3v) is 3.45.